The first-order chi connectivity index (χ1) is 10.8. The van der Waals surface area contributed by atoms with Gasteiger partial charge in [0, 0.05) is 15.4 Å². The fourth-order valence-corrected chi connectivity index (χ4v) is 2.86. The number of aromatic nitrogens is 1. The van der Waals surface area contributed by atoms with E-state index >= 15 is 0 Å². The number of aromatic amines is 1. The van der Waals surface area contributed by atoms with Crippen molar-refractivity contribution in [2.45, 2.75) is 27.7 Å². The Balaban J connectivity index is 2.75. The molecule has 0 aromatic carbocycles. The highest BCUT2D eigenvalue weighted by Crippen LogP contribution is 2.28. The zero-order valence-electron chi connectivity index (χ0n) is 14.1. The lowest BCUT2D eigenvalue weighted by atomic mass is 9.98. The van der Waals surface area contributed by atoms with E-state index in [-0.39, 0.29) is 11.0 Å². The smallest absolute Gasteiger partial charge is 0.260 e. The second-order valence-electron chi connectivity index (χ2n) is 6.57. The Labute approximate surface area is 140 Å². The molecule has 0 fully saturated rings. The maximum absolute atomic E-state index is 12.5. The minimum absolute atomic E-state index is 0.00543. The molecule has 122 valence electrons. The van der Waals surface area contributed by atoms with Gasteiger partial charge in [-0.05, 0) is 29.9 Å². The average molecular weight is 329 g/mol. The van der Waals surface area contributed by atoms with Gasteiger partial charge in [-0.25, -0.2) is 0 Å². The standard InChI is InChI=1S/C19H23NO2S/c1-6-7-9-14-13(2)20-18(21)16(15-10-8-11-23-15)17(14)22-12-19(3,4)5/h6-11H,2,12H2,1,3-5H3,(H,20,21)/b7-6-,14-9+. The molecule has 2 rings (SSSR count). The molecule has 2 heterocycles. The lowest BCUT2D eigenvalue weighted by Crippen LogP contribution is -2.36. The molecule has 1 N–H and O–H groups in total. The van der Waals surface area contributed by atoms with Crippen molar-refractivity contribution < 1.29 is 4.74 Å². The van der Waals surface area contributed by atoms with E-state index in [0.29, 0.717) is 23.3 Å². The molecule has 0 saturated heterocycles. The van der Waals surface area contributed by atoms with Gasteiger partial charge in [0.1, 0.15) is 5.75 Å². The average Bonchev–Trinajstić information content (AvgIpc) is 2.96. The number of nitrogens with one attached hydrogen (secondary N) is 1. The van der Waals surface area contributed by atoms with Gasteiger partial charge >= 0.3 is 0 Å². The van der Waals surface area contributed by atoms with E-state index in [1.54, 1.807) is 0 Å². The SMILES string of the molecule is C=c1[nH]c(=O)c(-c2cccs2)c(OCC(C)(C)C)/c1=C/C=C\C. The Bertz CT molecular complexity index is 852. The Morgan fingerprint density at radius 2 is 2.13 bits per heavy atom. The quantitative estimate of drug-likeness (QED) is 0.935. The van der Waals surface area contributed by atoms with Crippen LogP contribution in [0.1, 0.15) is 27.7 Å². The molecule has 0 aliphatic heterocycles. The maximum atomic E-state index is 12.5. The molecule has 0 bridgehead atoms. The fourth-order valence-electron chi connectivity index (χ4n) is 2.09. The highest BCUT2D eigenvalue weighted by molar-refractivity contribution is 7.13. The molecule has 2 aromatic rings. The highest BCUT2D eigenvalue weighted by atomic mass is 32.1. The summed E-state index contributed by atoms with van der Waals surface area (Å²) in [6.07, 6.45) is 5.78. The van der Waals surface area contributed by atoms with Crippen LogP contribution in [0.3, 0.4) is 0 Å². The van der Waals surface area contributed by atoms with Crippen molar-refractivity contribution in [1.82, 2.24) is 4.98 Å². The fraction of sp³-hybridized carbons (Fsp3) is 0.316. The van der Waals surface area contributed by atoms with E-state index in [2.05, 4.69) is 32.3 Å². The van der Waals surface area contributed by atoms with Crippen LogP contribution in [0.4, 0.5) is 0 Å². The second-order valence-corrected chi connectivity index (χ2v) is 7.52. The lowest BCUT2D eigenvalue weighted by molar-refractivity contribution is 0.197. The van der Waals surface area contributed by atoms with Gasteiger partial charge in [0.15, 0.2) is 0 Å². The van der Waals surface area contributed by atoms with Crippen LogP contribution in [-0.4, -0.2) is 11.6 Å². The molecule has 0 spiro atoms. The van der Waals surface area contributed by atoms with Gasteiger partial charge in [-0.2, -0.15) is 0 Å². The van der Waals surface area contributed by atoms with Gasteiger partial charge in [-0.1, -0.05) is 45.6 Å². The van der Waals surface area contributed by atoms with Crippen LogP contribution in [-0.2, 0) is 0 Å². The molecule has 0 saturated carbocycles. The molecular weight excluding hydrogens is 306 g/mol. The zero-order chi connectivity index (χ0) is 17.0. The van der Waals surface area contributed by atoms with E-state index in [1.165, 1.54) is 11.3 Å². The van der Waals surface area contributed by atoms with E-state index in [4.69, 9.17) is 4.74 Å². The Kier molecular flexibility index (Phi) is 5.26. The summed E-state index contributed by atoms with van der Waals surface area (Å²) in [6, 6.07) is 3.86. The van der Waals surface area contributed by atoms with Crippen molar-refractivity contribution in [2.24, 2.45) is 5.41 Å². The van der Waals surface area contributed by atoms with Crippen LogP contribution in [0.25, 0.3) is 23.1 Å². The molecule has 4 heteroatoms. The van der Waals surface area contributed by atoms with Crippen LogP contribution in [0.2, 0.25) is 0 Å². The number of hydrogen-bond acceptors (Lipinski definition) is 3. The van der Waals surface area contributed by atoms with Crippen molar-refractivity contribution in [3.63, 3.8) is 0 Å². The summed E-state index contributed by atoms with van der Waals surface area (Å²) in [5.74, 6) is 0.606. The molecule has 0 unspecified atom stereocenters. The second kappa shape index (κ2) is 7.01. The van der Waals surface area contributed by atoms with E-state index in [1.807, 2.05) is 42.7 Å². The third-order valence-corrected chi connectivity index (χ3v) is 4.05. The number of allylic oxidation sites excluding steroid dienone is 2. The zero-order valence-corrected chi connectivity index (χ0v) is 14.9. The molecule has 0 aliphatic carbocycles. The topological polar surface area (TPSA) is 42.1 Å². The molecule has 23 heavy (non-hydrogen) atoms. The molecule has 2 aromatic heterocycles. The Morgan fingerprint density at radius 1 is 1.39 bits per heavy atom. The summed E-state index contributed by atoms with van der Waals surface area (Å²) < 4.78 is 6.10. The van der Waals surface area contributed by atoms with Crippen LogP contribution in [0, 0.1) is 5.41 Å². The maximum Gasteiger partial charge on any atom is 0.260 e. The van der Waals surface area contributed by atoms with Gasteiger partial charge in [0.25, 0.3) is 5.56 Å². The molecule has 0 aliphatic rings. The summed E-state index contributed by atoms with van der Waals surface area (Å²) in [4.78, 5) is 16.2. The van der Waals surface area contributed by atoms with Crippen molar-refractivity contribution in [3.8, 4) is 16.2 Å². The largest absolute Gasteiger partial charge is 0.491 e. The van der Waals surface area contributed by atoms with Gasteiger partial charge < -0.3 is 9.72 Å². The summed E-state index contributed by atoms with van der Waals surface area (Å²) in [6.45, 7) is 12.7. The number of thiophene rings is 1. The third kappa shape index (κ3) is 4.23. The van der Waals surface area contributed by atoms with E-state index in [9.17, 15) is 4.79 Å². The van der Waals surface area contributed by atoms with Crippen molar-refractivity contribution in [3.05, 3.63) is 50.6 Å². The Hall–Kier alpha value is -2.07. The van der Waals surface area contributed by atoms with Gasteiger partial charge in [-0.15, -0.1) is 11.3 Å². The lowest BCUT2D eigenvalue weighted by Gasteiger charge is -2.20. The number of H-pyrrole nitrogens is 1. The van der Waals surface area contributed by atoms with Crippen molar-refractivity contribution in [1.29, 1.82) is 0 Å². The summed E-state index contributed by atoms with van der Waals surface area (Å²) in [7, 11) is 0. The van der Waals surface area contributed by atoms with E-state index < -0.39 is 0 Å². The minimum Gasteiger partial charge on any atom is -0.491 e. The number of ether oxygens (including phenoxy) is 1. The van der Waals surface area contributed by atoms with Crippen LogP contribution in [0.5, 0.6) is 5.75 Å². The predicted molar refractivity (Wildman–Crippen MR) is 99.4 cm³/mol. The first-order valence-corrected chi connectivity index (χ1v) is 8.46. The number of pyridine rings is 1. The van der Waals surface area contributed by atoms with Crippen LogP contribution >= 0.6 is 11.3 Å². The molecular formula is C19H23NO2S. The molecule has 0 atom stereocenters. The first kappa shape index (κ1) is 17.3. The third-order valence-electron chi connectivity index (χ3n) is 3.16. The van der Waals surface area contributed by atoms with Crippen LogP contribution < -0.4 is 20.9 Å². The van der Waals surface area contributed by atoms with Crippen LogP contribution in [0.15, 0.2) is 34.5 Å². The van der Waals surface area contributed by atoms with E-state index in [0.717, 1.165) is 10.1 Å². The van der Waals surface area contributed by atoms with Gasteiger partial charge in [0.05, 0.1) is 12.2 Å². The first-order valence-electron chi connectivity index (χ1n) is 7.58. The summed E-state index contributed by atoms with van der Waals surface area (Å²) >= 11 is 1.52. The number of rotatable bonds is 4. The summed E-state index contributed by atoms with van der Waals surface area (Å²) in [5.41, 5.74) is 0.403. The molecule has 0 radical (unpaired) electrons. The predicted octanol–water partition coefficient (Wildman–Crippen LogP) is 3.30. The monoisotopic (exact) mass is 329 g/mol. The minimum atomic E-state index is -0.168. The molecule has 3 nitrogen and oxygen atoms in total. The normalized spacial score (nSPS) is 13.0. The number of hydrogen-bond donors (Lipinski definition) is 1. The highest BCUT2D eigenvalue weighted by Gasteiger charge is 2.18. The van der Waals surface area contributed by atoms with Gasteiger partial charge in [-0.3, -0.25) is 4.79 Å². The summed E-state index contributed by atoms with van der Waals surface area (Å²) in [5, 5.41) is 3.34. The van der Waals surface area contributed by atoms with Crippen molar-refractivity contribution >= 4 is 24.0 Å². The van der Waals surface area contributed by atoms with Gasteiger partial charge in [0.2, 0.25) is 0 Å². The molecule has 0 amide bonds. The van der Waals surface area contributed by atoms with Crippen molar-refractivity contribution in [2.75, 3.05) is 6.61 Å². The Morgan fingerprint density at radius 3 is 2.70 bits per heavy atom.